The molecule has 0 aliphatic carbocycles. The summed E-state index contributed by atoms with van der Waals surface area (Å²) in [6.45, 7) is 2.14. The van der Waals surface area contributed by atoms with Crippen LogP contribution in [0.5, 0.6) is 0 Å². The Kier molecular flexibility index (Phi) is 3.91. The molecule has 0 bridgehead atoms. The van der Waals surface area contributed by atoms with E-state index in [0.717, 1.165) is 31.1 Å². The summed E-state index contributed by atoms with van der Waals surface area (Å²) < 4.78 is 38.2. The lowest BCUT2D eigenvalue weighted by atomic mass is 10.1. The van der Waals surface area contributed by atoms with Crippen molar-refractivity contribution in [3.8, 4) is 0 Å². The predicted molar refractivity (Wildman–Crippen MR) is 65.5 cm³/mol. The minimum Gasteiger partial charge on any atom is -0.381 e. The van der Waals surface area contributed by atoms with E-state index < -0.39 is 11.7 Å². The highest BCUT2D eigenvalue weighted by Crippen LogP contribution is 2.34. The Morgan fingerprint density at radius 3 is 2.67 bits per heavy atom. The van der Waals surface area contributed by atoms with E-state index in [9.17, 15) is 13.2 Å². The maximum atomic E-state index is 12.7. The standard InChI is InChI=1S/C13H15F3N2/c14-13(15,16)11-3-1-2-4-12(11)18-9-10-5-7-17-8-6-10/h1-5,17-18H,6-9H2. The quantitative estimate of drug-likeness (QED) is 0.812. The van der Waals surface area contributed by atoms with E-state index in [1.54, 1.807) is 6.07 Å². The van der Waals surface area contributed by atoms with Crippen molar-refractivity contribution in [2.24, 2.45) is 0 Å². The van der Waals surface area contributed by atoms with Gasteiger partial charge in [-0.2, -0.15) is 13.2 Å². The van der Waals surface area contributed by atoms with Gasteiger partial charge < -0.3 is 10.6 Å². The van der Waals surface area contributed by atoms with Gasteiger partial charge in [0.25, 0.3) is 0 Å². The van der Waals surface area contributed by atoms with Crippen LogP contribution in [-0.4, -0.2) is 19.6 Å². The molecule has 0 unspecified atom stereocenters. The summed E-state index contributed by atoms with van der Waals surface area (Å²) in [5.74, 6) is 0. The molecule has 0 saturated carbocycles. The van der Waals surface area contributed by atoms with E-state index in [0.29, 0.717) is 6.54 Å². The van der Waals surface area contributed by atoms with Crippen molar-refractivity contribution in [1.29, 1.82) is 0 Å². The molecule has 1 aromatic carbocycles. The summed E-state index contributed by atoms with van der Waals surface area (Å²) >= 11 is 0. The Hall–Kier alpha value is -1.49. The smallest absolute Gasteiger partial charge is 0.381 e. The number of hydrogen-bond acceptors (Lipinski definition) is 2. The van der Waals surface area contributed by atoms with Gasteiger partial charge in [-0.05, 0) is 25.1 Å². The first kappa shape index (κ1) is 13.0. The van der Waals surface area contributed by atoms with Gasteiger partial charge in [-0.1, -0.05) is 23.8 Å². The Morgan fingerprint density at radius 2 is 2.00 bits per heavy atom. The lowest BCUT2D eigenvalue weighted by Crippen LogP contribution is -2.23. The zero-order valence-corrected chi connectivity index (χ0v) is 9.85. The van der Waals surface area contributed by atoms with E-state index in [2.05, 4.69) is 10.6 Å². The number of halogens is 3. The van der Waals surface area contributed by atoms with E-state index in [1.807, 2.05) is 6.08 Å². The fourth-order valence-electron chi connectivity index (χ4n) is 1.92. The molecule has 2 rings (SSSR count). The van der Waals surface area contributed by atoms with Crippen LogP contribution in [0, 0.1) is 0 Å². The molecule has 2 nitrogen and oxygen atoms in total. The van der Waals surface area contributed by atoms with E-state index in [4.69, 9.17) is 0 Å². The summed E-state index contributed by atoms with van der Waals surface area (Å²) in [4.78, 5) is 0. The first-order valence-corrected chi connectivity index (χ1v) is 5.86. The van der Waals surface area contributed by atoms with Crippen LogP contribution in [0.2, 0.25) is 0 Å². The van der Waals surface area contributed by atoms with Gasteiger partial charge in [0.2, 0.25) is 0 Å². The number of benzene rings is 1. The molecular formula is C13H15F3N2. The van der Waals surface area contributed by atoms with Gasteiger partial charge in [-0.15, -0.1) is 0 Å². The summed E-state index contributed by atoms with van der Waals surface area (Å²) in [6, 6.07) is 5.57. The van der Waals surface area contributed by atoms with Crippen LogP contribution < -0.4 is 10.6 Å². The van der Waals surface area contributed by atoms with Crippen LogP contribution in [-0.2, 0) is 6.18 Å². The molecule has 1 aliphatic rings. The first-order chi connectivity index (χ1) is 8.57. The number of alkyl halides is 3. The summed E-state index contributed by atoms with van der Waals surface area (Å²) in [5.41, 5.74) is 0.676. The van der Waals surface area contributed by atoms with Gasteiger partial charge >= 0.3 is 6.18 Å². The fourth-order valence-corrected chi connectivity index (χ4v) is 1.92. The fraction of sp³-hybridized carbons (Fsp3) is 0.385. The van der Waals surface area contributed by atoms with Crippen LogP contribution in [0.15, 0.2) is 35.9 Å². The largest absolute Gasteiger partial charge is 0.418 e. The molecule has 0 radical (unpaired) electrons. The van der Waals surface area contributed by atoms with Crippen LogP contribution in [0.25, 0.3) is 0 Å². The van der Waals surface area contributed by atoms with E-state index in [1.165, 1.54) is 12.1 Å². The molecule has 1 aliphatic heterocycles. The van der Waals surface area contributed by atoms with E-state index in [-0.39, 0.29) is 5.69 Å². The van der Waals surface area contributed by atoms with Crippen molar-refractivity contribution < 1.29 is 13.2 Å². The third-order valence-electron chi connectivity index (χ3n) is 2.90. The molecule has 0 saturated heterocycles. The average Bonchev–Trinajstić information content (AvgIpc) is 2.37. The Labute approximate surface area is 104 Å². The lowest BCUT2D eigenvalue weighted by molar-refractivity contribution is -0.136. The number of hydrogen-bond donors (Lipinski definition) is 2. The molecule has 0 aromatic heterocycles. The molecule has 5 heteroatoms. The third-order valence-corrected chi connectivity index (χ3v) is 2.90. The minimum absolute atomic E-state index is 0.143. The number of rotatable bonds is 3. The highest BCUT2D eigenvalue weighted by atomic mass is 19.4. The molecule has 2 N–H and O–H groups in total. The lowest BCUT2D eigenvalue weighted by Gasteiger charge is -2.18. The molecule has 98 valence electrons. The maximum absolute atomic E-state index is 12.7. The molecule has 18 heavy (non-hydrogen) atoms. The Balaban J connectivity index is 2.07. The second-order valence-electron chi connectivity index (χ2n) is 4.21. The molecule has 1 aromatic rings. The van der Waals surface area contributed by atoms with E-state index >= 15 is 0 Å². The zero-order chi connectivity index (χ0) is 13.0. The number of anilines is 1. The van der Waals surface area contributed by atoms with Gasteiger partial charge in [-0.25, -0.2) is 0 Å². The van der Waals surface area contributed by atoms with Crippen LogP contribution >= 0.6 is 0 Å². The van der Waals surface area contributed by atoms with Crippen molar-refractivity contribution in [3.05, 3.63) is 41.5 Å². The van der Waals surface area contributed by atoms with Crippen molar-refractivity contribution in [2.45, 2.75) is 12.6 Å². The molecule has 0 atom stereocenters. The van der Waals surface area contributed by atoms with Gasteiger partial charge in [0.05, 0.1) is 5.56 Å². The van der Waals surface area contributed by atoms with Gasteiger partial charge in [-0.3, -0.25) is 0 Å². The second kappa shape index (κ2) is 5.44. The van der Waals surface area contributed by atoms with Gasteiger partial charge in [0.1, 0.15) is 0 Å². The van der Waals surface area contributed by atoms with Gasteiger partial charge in [0, 0.05) is 18.8 Å². The number of nitrogens with one attached hydrogen (secondary N) is 2. The summed E-state index contributed by atoms with van der Waals surface area (Å²) in [5, 5.41) is 6.04. The molecule has 0 spiro atoms. The molecule has 0 fully saturated rings. The maximum Gasteiger partial charge on any atom is 0.418 e. The molecular weight excluding hydrogens is 241 g/mol. The zero-order valence-electron chi connectivity index (χ0n) is 9.85. The van der Waals surface area contributed by atoms with Crippen molar-refractivity contribution >= 4 is 5.69 Å². The number of para-hydroxylation sites is 1. The summed E-state index contributed by atoms with van der Waals surface area (Å²) in [6.07, 6.45) is -1.42. The average molecular weight is 256 g/mol. The molecule has 0 amide bonds. The summed E-state index contributed by atoms with van der Waals surface area (Å²) in [7, 11) is 0. The minimum atomic E-state index is -4.31. The third kappa shape index (κ3) is 3.26. The SMILES string of the molecule is FC(F)(F)c1ccccc1NCC1=CCNCC1. The van der Waals surface area contributed by atoms with Crippen LogP contribution in [0.4, 0.5) is 18.9 Å². The Morgan fingerprint density at radius 1 is 1.22 bits per heavy atom. The highest BCUT2D eigenvalue weighted by Gasteiger charge is 2.33. The van der Waals surface area contributed by atoms with Crippen molar-refractivity contribution in [1.82, 2.24) is 5.32 Å². The monoisotopic (exact) mass is 256 g/mol. The Bertz CT molecular complexity index is 438. The predicted octanol–water partition coefficient (Wildman–Crippen LogP) is 3.04. The van der Waals surface area contributed by atoms with Crippen molar-refractivity contribution in [3.63, 3.8) is 0 Å². The first-order valence-electron chi connectivity index (χ1n) is 5.86. The van der Waals surface area contributed by atoms with Crippen LogP contribution in [0.1, 0.15) is 12.0 Å². The molecule has 1 heterocycles. The normalized spacial score (nSPS) is 16.3. The van der Waals surface area contributed by atoms with Crippen molar-refractivity contribution in [2.75, 3.05) is 25.0 Å². The van der Waals surface area contributed by atoms with Gasteiger partial charge in [0.15, 0.2) is 0 Å². The second-order valence-corrected chi connectivity index (χ2v) is 4.21. The van der Waals surface area contributed by atoms with Crippen LogP contribution in [0.3, 0.4) is 0 Å². The topological polar surface area (TPSA) is 24.1 Å². The highest BCUT2D eigenvalue weighted by molar-refractivity contribution is 5.53.